The lowest BCUT2D eigenvalue weighted by Crippen LogP contribution is -2.66. The summed E-state index contributed by atoms with van der Waals surface area (Å²) in [4.78, 5) is 24.7. The maximum atomic E-state index is 12.3. The van der Waals surface area contributed by atoms with Gasteiger partial charge in [0.05, 0.1) is 16.9 Å². The van der Waals surface area contributed by atoms with Gasteiger partial charge in [0.2, 0.25) is 5.60 Å². The van der Waals surface area contributed by atoms with Gasteiger partial charge in [0.15, 0.2) is 6.10 Å². The van der Waals surface area contributed by atoms with Crippen LogP contribution in [0, 0.1) is 17.3 Å². The van der Waals surface area contributed by atoms with E-state index < -0.39 is 46.7 Å². The number of carbonyl (C=O) groups excluding carboxylic acids is 2. The third-order valence-corrected chi connectivity index (χ3v) is 6.60. The van der Waals surface area contributed by atoms with Crippen LogP contribution in [0.5, 0.6) is 0 Å². The first-order chi connectivity index (χ1) is 9.79. The van der Waals surface area contributed by atoms with Crippen molar-refractivity contribution in [1.82, 2.24) is 0 Å². The van der Waals surface area contributed by atoms with Crippen LogP contribution >= 0.6 is 0 Å². The molecular formula is C15H16O6. The van der Waals surface area contributed by atoms with E-state index in [4.69, 9.17) is 14.2 Å². The van der Waals surface area contributed by atoms with Gasteiger partial charge in [-0.2, -0.15) is 0 Å². The van der Waals surface area contributed by atoms with Crippen LogP contribution in [0.25, 0.3) is 0 Å². The first-order valence-electron chi connectivity index (χ1n) is 7.26. The number of rotatable bonds is 1. The summed E-state index contributed by atoms with van der Waals surface area (Å²) in [5.74, 6) is -1.86. The smallest absolute Gasteiger partial charge is 0.342 e. The highest BCUT2D eigenvalue weighted by atomic mass is 16.7. The molecule has 0 aromatic heterocycles. The fourth-order valence-electron chi connectivity index (χ4n) is 5.59. The number of esters is 2. The van der Waals surface area contributed by atoms with Crippen LogP contribution in [0.1, 0.15) is 20.3 Å². The molecule has 112 valence electrons. The van der Waals surface area contributed by atoms with Gasteiger partial charge in [-0.15, -0.1) is 0 Å². The molecule has 3 heterocycles. The topological polar surface area (TPSA) is 85.4 Å². The molecule has 5 aliphatic rings. The van der Waals surface area contributed by atoms with Crippen molar-refractivity contribution in [3.63, 3.8) is 0 Å². The Kier molecular flexibility index (Phi) is 1.68. The Morgan fingerprint density at radius 2 is 2.10 bits per heavy atom. The summed E-state index contributed by atoms with van der Waals surface area (Å²) in [5, 5.41) is 11.4. The molecule has 2 saturated carbocycles. The van der Waals surface area contributed by atoms with Gasteiger partial charge >= 0.3 is 11.9 Å². The quantitative estimate of drug-likeness (QED) is 0.414. The van der Waals surface area contributed by atoms with Crippen molar-refractivity contribution >= 4 is 11.9 Å². The van der Waals surface area contributed by atoms with Gasteiger partial charge in [-0.05, 0) is 13.8 Å². The summed E-state index contributed by atoms with van der Waals surface area (Å²) in [6, 6.07) is 0. The van der Waals surface area contributed by atoms with E-state index in [-0.39, 0.29) is 18.4 Å². The maximum Gasteiger partial charge on any atom is 0.342 e. The van der Waals surface area contributed by atoms with Crippen molar-refractivity contribution in [2.24, 2.45) is 17.3 Å². The summed E-state index contributed by atoms with van der Waals surface area (Å²) < 4.78 is 16.6. The predicted octanol–water partition coefficient (Wildman–Crippen LogP) is -0.0620. The van der Waals surface area contributed by atoms with Crippen molar-refractivity contribution < 1.29 is 28.9 Å². The Labute approximate surface area is 121 Å². The molecule has 1 N–H and O–H groups in total. The third-order valence-electron chi connectivity index (χ3n) is 6.60. The van der Waals surface area contributed by atoms with Crippen LogP contribution < -0.4 is 0 Å². The van der Waals surface area contributed by atoms with Crippen molar-refractivity contribution in [2.75, 3.05) is 0 Å². The summed E-state index contributed by atoms with van der Waals surface area (Å²) in [6.45, 7) is 7.55. The second-order valence-electron chi connectivity index (χ2n) is 7.25. The number of fused-ring (bicyclic) bond motifs is 4. The van der Waals surface area contributed by atoms with Crippen LogP contribution in [-0.2, 0) is 23.8 Å². The van der Waals surface area contributed by atoms with Gasteiger partial charge in [0.25, 0.3) is 0 Å². The highest BCUT2D eigenvalue weighted by molar-refractivity contribution is 5.91. The van der Waals surface area contributed by atoms with Gasteiger partial charge < -0.3 is 19.3 Å². The van der Waals surface area contributed by atoms with Gasteiger partial charge in [0, 0.05) is 12.3 Å². The van der Waals surface area contributed by atoms with E-state index in [1.165, 1.54) is 0 Å². The normalized spacial score (nSPS) is 62.0. The first-order valence-corrected chi connectivity index (χ1v) is 7.26. The second-order valence-corrected chi connectivity index (χ2v) is 7.25. The summed E-state index contributed by atoms with van der Waals surface area (Å²) in [7, 11) is 0. The minimum atomic E-state index is -1.35. The lowest BCUT2D eigenvalue weighted by Gasteiger charge is -2.51. The van der Waals surface area contributed by atoms with E-state index >= 15 is 0 Å². The van der Waals surface area contributed by atoms with E-state index in [0.717, 1.165) is 5.57 Å². The molecular weight excluding hydrogens is 276 g/mol. The Morgan fingerprint density at radius 1 is 1.38 bits per heavy atom. The average Bonchev–Trinajstić information content (AvgIpc) is 2.86. The lowest BCUT2D eigenvalue weighted by molar-refractivity contribution is -0.195. The zero-order valence-electron chi connectivity index (χ0n) is 11.8. The molecule has 8 atom stereocenters. The molecule has 0 amide bonds. The molecule has 6 nitrogen and oxygen atoms in total. The number of hydrogen-bond donors (Lipinski definition) is 1. The SMILES string of the molecule is C=C(C)[C@@H]1C2C(=O)O[C@H]1[C@@H]1OC(=O)[C@@]34OC3C[C@]2(O)[C@@]14C. The molecule has 5 fully saturated rings. The molecule has 2 bridgehead atoms. The van der Waals surface area contributed by atoms with Crippen LogP contribution in [0.3, 0.4) is 0 Å². The Balaban J connectivity index is 1.78. The molecule has 2 unspecified atom stereocenters. The molecule has 5 rings (SSSR count). The Hall–Kier alpha value is -1.40. The summed E-state index contributed by atoms with van der Waals surface area (Å²) in [5.41, 5.74) is -2.60. The van der Waals surface area contributed by atoms with E-state index in [9.17, 15) is 14.7 Å². The molecule has 3 aliphatic heterocycles. The standard InChI is InChI=1S/C15H16O6/c1-5(2)7-8-11(16)19-9(7)10-13(3)14(8,18)4-6-15(13,21-6)12(17)20-10/h6-10,18H,1,4H2,2-3H3/t6?,7-,8?,9-,10+,13-,14-,15+/m1/s1. The minimum Gasteiger partial charge on any atom is -0.457 e. The van der Waals surface area contributed by atoms with Crippen molar-refractivity contribution in [1.29, 1.82) is 0 Å². The molecule has 2 aliphatic carbocycles. The first kappa shape index (κ1) is 12.2. The van der Waals surface area contributed by atoms with E-state index in [0.29, 0.717) is 0 Å². The highest BCUT2D eigenvalue weighted by Crippen LogP contribution is 2.76. The molecule has 21 heavy (non-hydrogen) atoms. The fraction of sp³-hybridized carbons (Fsp3) is 0.733. The molecule has 6 heteroatoms. The highest BCUT2D eigenvalue weighted by Gasteiger charge is 2.95. The maximum absolute atomic E-state index is 12.3. The van der Waals surface area contributed by atoms with Crippen LogP contribution in [0.15, 0.2) is 12.2 Å². The average molecular weight is 292 g/mol. The van der Waals surface area contributed by atoms with Gasteiger partial charge in [-0.1, -0.05) is 12.2 Å². The van der Waals surface area contributed by atoms with E-state index in [2.05, 4.69) is 6.58 Å². The number of ether oxygens (including phenoxy) is 3. The van der Waals surface area contributed by atoms with Crippen LogP contribution in [-0.4, -0.2) is 46.6 Å². The fourth-order valence-corrected chi connectivity index (χ4v) is 5.59. The molecule has 0 radical (unpaired) electrons. The van der Waals surface area contributed by atoms with Crippen molar-refractivity contribution in [3.8, 4) is 0 Å². The summed E-state index contributed by atoms with van der Waals surface area (Å²) >= 11 is 0. The number of hydrogen-bond acceptors (Lipinski definition) is 6. The third kappa shape index (κ3) is 0.874. The van der Waals surface area contributed by atoms with Gasteiger partial charge in [-0.25, -0.2) is 4.79 Å². The number of epoxide rings is 1. The van der Waals surface area contributed by atoms with E-state index in [1.807, 2.05) is 6.92 Å². The van der Waals surface area contributed by atoms with Gasteiger partial charge in [0.1, 0.15) is 12.2 Å². The summed E-state index contributed by atoms with van der Waals surface area (Å²) in [6.07, 6.45) is -1.34. The number of carbonyl (C=O) groups is 2. The molecule has 3 saturated heterocycles. The Morgan fingerprint density at radius 3 is 2.76 bits per heavy atom. The second kappa shape index (κ2) is 2.90. The van der Waals surface area contributed by atoms with Crippen LogP contribution in [0.4, 0.5) is 0 Å². The van der Waals surface area contributed by atoms with Gasteiger partial charge in [-0.3, -0.25) is 4.79 Å². The largest absolute Gasteiger partial charge is 0.457 e. The van der Waals surface area contributed by atoms with Crippen LogP contribution in [0.2, 0.25) is 0 Å². The monoisotopic (exact) mass is 292 g/mol. The zero-order chi connectivity index (χ0) is 14.9. The Bertz CT molecular complexity index is 642. The lowest BCUT2D eigenvalue weighted by atomic mass is 9.53. The van der Waals surface area contributed by atoms with E-state index in [1.54, 1.807) is 6.92 Å². The predicted molar refractivity (Wildman–Crippen MR) is 66.8 cm³/mol. The molecule has 0 aromatic rings. The molecule has 0 aromatic carbocycles. The van der Waals surface area contributed by atoms with Crippen molar-refractivity contribution in [3.05, 3.63) is 12.2 Å². The zero-order valence-corrected chi connectivity index (χ0v) is 11.8. The molecule has 1 spiro atoms. The minimum absolute atomic E-state index is 0.269. The van der Waals surface area contributed by atoms with Crippen molar-refractivity contribution in [2.45, 2.75) is 49.8 Å². The number of aliphatic hydroxyl groups is 1.